The molecule has 0 saturated heterocycles. The van der Waals surface area contributed by atoms with Gasteiger partial charge in [0.2, 0.25) is 0 Å². The zero-order chi connectivity index (χ0) is 22.4. The van der Waals surface area contributed by atoms with Gasteiger partial charge in [0.25, 0.3) is 0 Å². The minimum absolute atomic E-state index is 0.0478. The number of oxime groups is 1. The normalized spacial score (nSPS) is 21.9. The number of benzene rings is 2. The number of furan rings is 1. The third-order valence-electron chi connectivity index (χ3n) is 6.07. The van der Waals surface area contributed by atoms with Crippen molar-refractivity contribution in [1.29, 1.82) is 0 Å². The molecule has 3 heterocycles. The molecule has 0 radical (unpaired) electrons. The van der Waals surface area contributed by atoms with E-state index in [9.17, 15) is 15.2 Å². The maximum absolute atomic E-state index is 11.0. The number of nitrogens with zero attached hydrogens (tertiary/aromatic N) is 3. The maximum atomic E-state index is 11.0. The molecule has 164 valence electrons. The van der Waals surface area contributed by atoms with E-state index in [4.69, 9.17) is 14.0 Å². The molecule has 3 aromatic rings. The van der Waals surface area contributed by atoms with E-state index in [2.05, 4.69) is 5.16 Å². The van der Waals surface area contributed by atoms with Crippen LogP contribution >= 0.6 is 0 Å². The summed E-state index contributed by atoms with van der Waals surface area (Å²) in [6, 6.07) is 16.0. The van der Waals surface area contributed by atoms with Crippen LogP contribution in [0.1, 0.15) is 41.3 Å². The van der Waals surface area contributed by atoms with Gasteiger partial charge in [0.15, 0.2) is 17.7 Å². The molecule has 0 unspecified atom stereocenters. The number of nitro groups is 1. The molecule has 1 aromatic heterocycles. The molecule has 0 amide bonds. The van der Waals surface area contributed by atoms with Crippen LogP contribution in [0.5, 0.6) is 11.5 Å². The summed E-state index contributed by atoms with van der Waals surface area (Å²) in [7, 11) is 1.51. The van der Waals surface area contributed by atoms with Gasteiger partial charge in [-0.15, -0.1) is 0 Å². The molecule has 2 aromatic carbocycles. The molecule has 5 rings (SSSR count). The van der Waals surface area contributed by atoms with Gasteiger partial charge in [-0.2, -0.15) is 0 Å². The van der Waals surface area contributed by atoms with Crippen LogP contribution in [0.25, 0.3) is 0 Å². The molecular weight excluding hydrogens is 414 g/mol. The Labute approximate surface area is 183 Å². The zero-order valence-electron chi connectivity index (χ0n) is 17.5. The number of rotatable bonds is 5. The molecule has 0 bridgehead atoms. The molecule has 9 heteroatoms. The van der Waals surface area contributed by atoms with Crippen molar-refractivity contribution in [3.63, 3.8) is 0 Å². The Balaban J connectivity index is 1.59. The lowest BCUT2D eigenvalue weighted by Gasteiger charge is -2.41. The zero-order valence-corrected chi connectivity index (χ0v) is 17.5. The molecule has 0 fully saturated rings. The molecular formula is C23H21N3O6. The van der Waals surface area contributed by atoms with Crippen molar-refractivity contribution in [2.24, 2.45) is 5.16 Å². The topological polar surface area (TPSA) is 111 Å². The predicted molar refractivity (Wildman–Crippen MR) is 115 cm³/mol. The number of methoxy groups -OCH3 is 1. The molecule has 9 nitrogen and oxygen atoms in total. The van der Waals surface area contributed by atoms with E-state index in [1.807, 2.05) is 48.2 Å². The van der Waals surface area contributed by atoms with Gasteiger partial charge in [-0.3, -0.25) is 15.0 Å². The molecule has 0 saturated carbocycles. The Morgan fingerprint density at radius 2 is 1.97 bits per heavy atom. The Hall–Kier alpha value is -3.85. The minimum atomic E-state index is -0.558. The summed E-state index contributed by atoms with van der Waals surface area (Å²) in [5, 5.41) is 25.9. The first-order valence-corrected chi connectivity index (χ1v) is 10.2. The summed E-state index contributed by atoms with van der Waals surface area (Å²) in [6.07, 6.45) is -0.468. The van der Waals surface area contributed by atoms with E-state index in [0.717, 1.165) is 22.4 Å². The Bertz CT molecular complexity index is 1210. The summed E-state index contributed by atoms with van der Waals surface area (Å²) in [4.78, 5) is 18.4. The number of aromatic hydroxyl groups is 1. The van der Waals surface area contributed by atoms with Crippen molar-refractivity contribution in [2.75, 3.05) is 7.11 Å². The standard InChI is InChI=1S/C23H21N3O6/c1-13-16-11-19(30-2)18(27)10-17(16)21-22(14-6-4-3-5-7-14)24-32-23(21)25(13)12-15-8-9-20(31-15)26(28)29/h3-11,13,21,23,27H,12H2,1-2H3/t13-,21+,23-/m1/s1. The van der Waals surface area contributed by atoms with Crippen molar-refractivity contribution in [2.45, 2.75) is 31.7 Å². The van der Waals surface area contributed by atoms with Crippen LogP contribution in [0, 0.1) is 10.1 Å². The van der Waals surface area contributed by atoms with E-state index in [0.29, 0.717) is 11.5 Å². The number of phenols is 1. The van der Waals surface area contributed by atoms with Crippen LogP contribution in [0.15, 0.2) is 64.2 Å². The highest BCUT2D eigenvalue weighted by atomic mass is 16.7. The number of fused-ring (bicyclic) bond motifs is 3. The van der Waals surface area contributed by atoms with E-state index < -0.39 is 11.2 Å². The fraction of sp³-hybridized carbons (Fsp3) is 0.261. The maximum Gasteiger partial charge on any atom is 0.433 e. The third-order valence-corrected chi connectivity index (χ3v) is 6.07. The highest BCUT2D eigenvalue weighted by Crippen LogP contribution is 2.48. The molecule has 2 aliphatic rings. The van der Waals surface area contributed by atoms with Gasteiger partial charge in [-0.05, 0) is 36.2 Å². The summed E-state index contributed by atoms with van der Waals surface area (Å²) >= 11 is 0. The van der Waals surface area contributed by atoms with E-state index in [1.54, 1.807) is 12.1 Å². The van der Waals surface area contributed by atoms with Crippen LogP contribution in [-0.4, -0.2) is 34.0 Å². The molecule has 2 aliphatic heterocycles. The monoisotopic (exact) mass is 435 g/mol. The highest BCUT2D eigenvalue weighted by molar-refractivity contribution is 6.06. The van der Waals surface area contributed by atoms with E-state index >= 15 is 0 Å². The molecule has 3 atom stereocenters. The number of ether oxygens (including phenoxy) is 1. The lowest BCUT2D eigenvalue weighted by Crippen LogP contribution is -2.45. The largest absolute Gasteiger partial charge is 0.504 e. The van der Waals surface area contributed by atoms with Gasteiger partial charge in [-0.1, -0.05) is 35.5 Å². The first kappa shape index (κ1) is 20.1. The van der Waals surface area contributed by atoms with Gasteiger partial charge in [0.05, 0.1) is 31.4 Å². The second-order valence-electron chi connectivity index (χ2n) is 7.81. The first-order valence-electron chi connectivity index (χ1n) is 10.2. The molecule has 1 N–H and O–H groups in total. The van der Waals surface area contributed by atoms with Crippen molar-refractivity contribution >= 4 is 11.6 Å². The van der Waals surface area contributed by atoms with E-state index in [-0.39, 0.29) is 30.1 Å². The van der Waals surface area contributed by atoms with Crippen molar-refractivity contribution in [3.8, 4) is 11.5 Å². The fourth-order valence-electron chi connectivity index (χ4n) is 4.51. The second kappa shape index (κ2) is 7.69. The molecule has 0 aliphatic carbocycles. The first-order chi connectivity index (χ1) is 15.5. The quantitative estimate of drug-likeness (QED) is 0.469. The smallest absolute Gasteiger partial charge is 0.433 e. The van der Waals surface area contributed by atoms with Gasteiger partial charge in [0, 0.05) is 11.6 Å². The SMILES string of the molecule is COc1cc2c(cc1O)[C@H]1C(c3ccccc3)=NO[C@H]1N(Cc1ccc([N+](=O)[O-])o1)[C@@H]2C. The summed E-state index contributed by atoms with van der Waals surface area (Å²) in [5.41, 5.74) is 3.53. The molecule has 32 heavy (non-hydrogen) atoms. The Morgan fingerprint density at radius 3 is 2.66 bits per heavy atom. The van der Waals surface area contributed by atoms with Crippen molar-refractivity contribution in [1.82, 2.24) is 4.90 Å². The van der Waals surface area contributed by atoms with Gasteiger partial charge >= 0.3 is 5.88 Å². The Kier molecular flexibility index (Phi) is 4.82. The number of phenolic OH excluding ortho intramolecular Hbond substituents is 1. The van der Waals surface area contributed by atoms with E-state index in [1.165, 1.54) is 13.2 Å². The lowest BCUT2D eigenvalue weighted by molar-refractivity contribution is -0.402. The van der Waals surface area contributed by atoms with Crippen molar-refractivity contribution < 1.29 is 24.0 Å². The van der Waals surface area contributed by atoms with Crippen LogP contribution in [0.2, 0.25) is 0 Å². The average molecular weight is 435 g/mol. The van der Waals surface area contributed by atoms with Gasteiger partial charge in [0.1, 0.15) is 10.7 Å². The van der Waals surface area contributed by atoms with Crippen molar-refractivity contribution in [3.05, 3.63) is 87.2 Å². The summed E-state index contributed by atoms with van der Waals surface area (Å²) in [6.45, 7) is 2.29. The highest BCUT2D eigenvalue weighted by Gasteiger charge is 2.48. The fourth-order valence-corrected chi connectivity index (χ4v) is 4.51. The minimum Gasteiger partial charge on any atom is -0.504 e. The predicted octanol–water partition coefficient (Wildman–Crippen LogP) is 4.32. The van der Waals surface area contributed by atoms with Gasteiger partial charge in [-0.25, -0.2) is 0 Å². The van der Waals surface area contributed by atoms with Crippen LogP contribution in [-0.2, 0) is 11.4 Å². The van der Waals surface area contributed by atoms with Gasteiger partial charge < -0.3 is 19.1 Å². The van der Waals surface area contributed by atoms with Crippen LogP contribution in [0.4, 0.5) is 5.88 Å². The molecule has 0 spiro atoms. The summed E-state index contributed by atoms with van der Waals surface area (Å²) in [5.74, 6) is 0.298. The van der Waals surface area contributed by atoms with Crippen LogP contribution in [0.3, 0.4) is 0 Å². The lowest BCUT2D eigenvalue weighted by atomic mass is 9.80. The third kappa shape index (κ3) is 3.18. The number of hydrogen-bond donors (Lipinski definition) is 1. The number of hydrogen-bond acceptors (Lipinski definition) is 8. The second-order valence-corrected chi connectivity index (χ2v) is 7.81. The average Bonchev–Trinajstić information content (AvgIpc) is 3.44. The summed E-state index contributed by atoms with van der Waals surface area (Å²) < 4.78 is 10.8. The van der Waals surface area contributed by atoms with Crippen LogP contribution < -0.4 is 4.74 Å². The Morgan fingerprint density at radius 1 is 1.19 bits per heavy atom.